The molecule has 120 valence electrons. The van der Waals surface area contributed by atoms with Crippen molar-refractivity contribution in [2.45, 2.75) is 13.1 Å². The van der Waals surface area contributed by atoms with Crippen LogP contribution in [0.5, 0.6) is 0 Å². The van der Waals surface area contributed by atoms with Gasteiger partial charge in [0.1, 0.15) is 0 Å². The maximum atomic E-state index is 12.6. The summed E-state index contributed by atoms with van der Waals surface area (Å²) in [6.45, 7) is 1.75. The number of ether oxygens (including phenoxy) is 1. The van der Waals surface area contributed by atoms with Crippen molar-refractivity contribution < 1.29 is 22.7 Å². The Bertz CT molecular complexity index is 734. The van der Waals surface area contributed by atoms with Gasteiger partial charge in [-0.2, -0.15) is 13.2 Å². The molecule has 0 unspecified atom stereocenters. The second-order valence-electron chi connectivity index (χ2n) is 4.86. The number of halogens is 3. The van der Waals surface area contributed by atoms with Crippen LogP contribution in [0.4, 0.5) is 13.2 Å². The lowest BCUT2D eigenvalue weighted by atomic mass is 10.0. The molecule has 3 nitrogen and oxygen atoms in total. The number of nitrogens with zero attached hydrogens (tertiary/aromatic N) is 1. The average molecular weight is 321 g/mol. The van der Waals surface area contributed by atoms with Gasteiger partial charge in [0.2, 0.25) is 0 Å². The predicted octanol–water partition coefficient (Wildman–Crippen LogP) is 4.45. The summed E-state index contributed by atoms with van der Waals surface area (Å²) < 4.78 is 42.4. The molecule has 0 radical (unpaired) electrons. The third-order valence-corrected chi connectivity index (χ3v) is 3.30. The first-order valence-electron chi connectivity index (χ1n) is 6.71. The zero-order valence-corrected chi connectivity index (χ0v) is 12.5. The number of rotatable bonds is 3. The van der Waals surface area contributed by atoms with E-state index in [-0.39, 0.29) is 0 Å². The fourth-order valence-corrected chi connectivity index (χ4v) is 2.06. The Morgan fingerprint density at radius 2 is 1.83 bits per heavy atom. The molecule has 0 atom stereocenters. The van der Waals surface area contributed by atoms with E-state index >= 15 is 0 Å². The maximum Gasteiger partial charge on any atom is 0.416 e. The van der Waals surface area contributed by atoms with Crippen LogP contribution in [0.25, 0.3) is 11.6 Å². The van der Waals surface area contributed by atoms with E-state index in [1.54, 1.807) is 13.0 Å². The Morgan fingerprint density at radius 1 is 1.17 bits per heavy atom. The Hall–Kier alpha value is -2.63. The molecule has 0 amide bonds. The minimum Gasteiger partial charge on any atom is -0.465 e. The number of pyridine rings is 1. The molecule has 0 aliphatic rings. The minimum absolute atomic E-state index is 0.341. The molecular weight excluding hydrogens is 307 g/mol. The molecule has 0 saturated carbocycles. The molecule has 0 bridgehead atoms. The van der Waals surface area contributed by atoms with E-state index in [0.29, 0.717) is 22.3 Å². The number of methoxy groups -OCH3 is 1. The zero-order chi connectivity index (χ0) is 17.0. The summed E-state index contributed by atoms with van der Waals surface area (Å²) in [5.74, 6) is -0.501. The molecule has 0 aliphatic carbocycles. The van der Waals surface area contributed by atoms with Gasteiger partial charge in [0, 0.05) is 18.0 Å². The molecule has 0 saturated heterocycles. The molecule has 0 fully saturated rings. The summed E-state index contributed by atoms with van der Waals surface area (Å²) >= 11 is 0. The number of allylic oxidation sites excluding steroid dienone is 1. The van der Waals surface area contributed by atoms with Crippen LogP contribution in [-0.4, -0.2) is 18.1 Å². The lowest BCUT2D eigenvalue weighted by Gasteiger charge is -2.09. The first kappa shape index (κ1) is 16.7. The van der Waals surface area contributed by atoms with Gasteiger partial charge < -0.3 is 4.74 Å². The Morgan fingerprint density at radius 3 is 2.39 bits per heavy atom. The van der Waals surface area contributed by atoms with E-state index in [0.717, 1.165) is 12.1 Å². The van der Waals surface area contributed by atoms with Gasteiger partial charge in [-0.25, -0.2) is 4.79 Å². The van der Waals surface area contributed by atoms with Crippen molar-refractivity contribution >= 4 is 17.6 Å². The number of esters is 1. The molecule has 1 aromatic heterocycles. The van der Waals surface area contributed by atoms with Crippen molar-refractivity contribution in [3.05, 3.63) is 65.0 Å². The molecule has 0 N–H and O–H groups in total. The molecular formula is C17H14F3NO2. The number of carbonyl (C=O) groups excluding carboxylic acids is 1. The number of benzene rings is 1. The molecule has 23 heavy (non-hydrogen) atoms. The predicted molar refractivity (Wildman–Crippen MR) is 80.6 cm³/mol. The summed E-state index contributed by atoms with van der Waals surface area (Å²) in [6, 6.07) is 6.36. The van der Waals surface area contributed by atoms with Gasteiger partial charge >= 0.3 is 12.1 Å². The van der Waals surface area contributed by atoms with E-state index in [1.165, 1.54) is 37.7 Å². The molecule has 1 aromatic carbocycles. The monoisotopic (exact) mass is 321 g/mol. The highest BCUT2D eigenvalue weighted by atomic mass is 19.4. The van der Waals surface area contributed by atoms with Crippen LogP contribution in [0.1, 0.15) is 34.0 Å². The fraction of sp³-hybridized carbons (Fsp3) is 0.176. The fourth-order valence-electron chi connectivity index (χ4n) is 2.06. The first-order valence-corrected chi connectivity index (χ1v) is 6.71. The van der Waals surface area contributed by atoms with Crippen LogP contribution in [0.2, 0.25) is 0 Å². The number of alkyl halides is 3. The van der Waals surface area contributed by atoms with Crippen LogP contribution in [0, 0.1) is 0 Å². The second kappa shape index (κ2) is 6.64. The van der Waals surface area contributed by atoms with Crippen molar-refractivity contribution in [3.8, 4) is 0 Å². The third kappa shape index (κ3) is 3.97. The maximum absolute atomic E-state index is 12.6. The van der Waals surface area contributed by atoms with Gasteiger partial charge in [-0.05, 0) is 42.3 Å². The van der Waals surface area contributed by atoms with Crippen LogP contribution in [0.15, 0.2) is 42.7 Å². The van der Waals surface area contributed by atoms with Crippen molar-refractivity contribution in [1.29, 1.82) is 0 Å². The number of hydrogen-bond donors (Lipinski definition) is 0. The molecule has 2 rings (SSSR count). The molecule has 0 aliphatic heterocycles. The number of aromatic nitrogens is 1. The van der Waals surface area contributed by atoms with Gasteiger partial charge in [-0.3, -0.25) is 4.98 Å². The largest absolute Gasteiger partial charge is 0.465 e. The van der Waals surface area contributed by atoms with Gasteiger partial charge in [0.05, 0.1) is 18.2 Å². The third-order valence-electron chi connectivity index (χ3n) is 3.30. The van der Waals surface area contributed by atoms with E-state index in [4.69, 9.17) is 4.74 Å². The molecule has 0 spiro atoms. The quantitative estimate of drug-likeness (QED) is 0.784. The smallest absolute Gasteiger partial charge is 0.416 e. The zero-order valence-electron chi connectivity index (χ0n) is 12.5. The van der Waals surface area contributed by atoms with Crippen LogP contribution in [0.3, 0.4) is 0 Å². The standard InChI is InChI=1S/C17H14F3NO2/c1-11(12-3-5-14(6-4-12)17(18,19)20)9-13-10-21-8-7-15(13)16(22)23-2/h3-10H,1-2H3/b11-9+. The second-order valence-corrected chi connectivity index (χ2v) is 4.86. The highest BCUT2D eigenvalue weighted by molar-refractivity contribution is 5.95. The van der Waals surface area contributed by atoms with Crippen molar-refractivity contribution in [3.63, 3.8) is 0 Å². The van der Waals surface area contributed by atoms with E-state index in [2.05, 4.69) is 4.98 Å². The van der Waals surface area contributed by atoms with Crippen LogP contribution < -0.4 is 0 Å². The summed E-state index contributed by atoms with van der Waals surface area (Å²) in [5.41, 5.74) is 1.51. The molecule has 2 aromatic rings. The van der Waals surface area contributed by atoms with Gasteiger partial charge in [0.15, 0.2) is 0 Å². The Kier molecular flexibility index (Phi) is 4.83. The Balaban J connectivity index is 2.35. The minimum atomic E-state index is -4.36. The van der Waals surface area contributed by atoms with Gasteiger partial charge in [-0.15, -0.1) is 0 Å². The van der Waals surface area contributed by atoms with E-state index < -0.39 is 17.7 Å². The van der Waals surface area contributed by atoms with Gasteiger partial charge in [0.25, 0.3) is 0 Å². The molecule has 6 heteroatoms. The lowest BCUT2D eigenvalue weighted by molar-refractivity contribution is -0.137. The normalized spacial score (nSPS) is 12.1. The van der Waals surface area contributed by atoms with Crippen molar-refractivity contribution in [2.24, 2.45) is 0 Å². The highest BCUT2D eigenvalue weighted by Crippen LogP contribution is 2.30. The number of carbonyl (C=O) groups is 1. The van der Waals surface area contributed by atoms with Crippen LogP contribution in [-0.2, 0) is 10.9 Å². The van der Waals surface area contributed by atoms with E-state index in [9.17, 15) is 18.0 Å². The lowest BCUT2D eigenvalue weighted by Crippen LogP contribution is -2.04. The topological polar surface area (TPSA) is 39.2 Å². The van der Waals surface area contributed by atoms with Crippen molar-refractivity contribution in [2.75, 3.05) is 7.11 Å². The average Bonchev–Trinajstić information content (AvgIpc) is 2.54. The van der Waals surface area contributed by atoms with E-state index in [1.807, 2.05) is 0 Å². The summed E-state index contributed by atoms with van der Waals surface area (Å²) in [4.78, 5) is 15.7. The van der Waals surface area contributed by atoms with Crippen LogP contribution >= 0.6 is 0 Å². The molecule has 1 heterocycles. The highest BCUT2D eigenvalue weighted by Gasteiger charge is 2.29. The van der Waals surface area contributed by atoms with Crippen molar-refractivity contribution in [1.82, 2.24) is 4.98 Å². The Labute approximate surface area is 131 Å². The SMILES string of the molecule is COC(=O)c1ccncc1/C=C(\C)c1ccc(C(F)(F)F)cc1. The summed E-state index contributed by atoms with van der Waals surface area (Å²) in [5, 5.41) is 0. The first-order chi connectivity index (χ1) is 10.8. The number of hydrogen-bond acceptors (Lipinski definition) is 3. The summed E-state index contributed by atoms with van der Waals surface area (Å²) in [6.07, 6.45) is 0.288. The van der Waals surface area contributed by atoms with Gasteiger partial charge in [-0.1, -0.05) is 12.1 Å². The summed E-state index contributed by atoms with van der Waals surface area (Å²) in [7, 11) is 1.28.